The summed E-state index contributed by atoms with van der Waals surface area (Å²) in [5.41, 5.74) is 1.95. The van der Waals surface area contributed by atoms with Gasteiger partial charge in [0.05, 0.1) is 11.8 Å². The van der Waals surface area contributed by atoms with Gasteiger partial charge in [0.25, 0.3) is 5.91 Å². The molecule has 2 N–H and O–H groups in total. The number of pyridine rings is 1. The normalized spacial score (nSPS) is 10.2. The molecule has 0 radical (unpaired) electrons. The van der Waals surface area contributed by atoms with E-state index in [-0.39, 0.29) is 12.0 Å². The van der Waals surface area contributed by atoms with Crippen LogP contribution in [0, 0.1) is 0 Å². The Balaban J connectivity index is 2.18. The molecule has 23 heavy (non-hydrogen) atoms. The molecule has 0 atom stereocenters. The van der Waals surface area contributed by atoms with Crippen LogP contribution in [0.2, 0.25) is 0 Å². The van der Waals surface area contributed by atoms with Gasteiger partial charge in [0.2, 0.25) is 0 Å². The minimum atomic E-state index is -0.236. The van der Waals surface area contributed by atoms with E-state index in [0.29, 0.717) is 12.2 Å². The maximum Gasteiger partial charge on any atom is 0.270 e. The monoisotopic (exact) mass is 311 g/mol. The average molecular weight is 311 g/mol. The van der Waals surface area contributed by atoms with Crippen LogP contribution in [0.15, 0.2) is 55.3 Å². The highest BCUT2D eigenvalue weighted by molar-refractivity contribution is 5.93. The number of hydrogen-bond acceptors (Lipinski definition) is 4. The van der Waals surface area contributed by atoms with Crippen molar-refractivity contribution >= 4 is 17.3 Å². The molecule has 2 aromatic rings. The van der Waals surface area contributed by atoms with E-state index < -0.39 is 0 Å². The number of para-hydroxylation sites is 2. The Morgan fingerprint density at radius 1 is 1.35 bits per heavy atom. The van der Waals surface area contributed by atoms with Crippen molar-refractivity contribution in [2.24, 2.45) is 0 Å². The number of aromatic nitrogens is 1. The summed E-state index contributed by atoms with van der Waals surface area (Å²) < 4.78 is 5.78. The first kappa shape index (κ1) is 16.5. The molecule has 1 aromatic heterocycles. The molecule has 0 spiro atoms. The van der Waals surface area contributed by atoms with E-state index in [1.165, 1.54) is 0 Å². The molecule has 120 valence electrons. The Labute approximate surface area is 136 Å². The van der Waals surface area contributed by atoms with Gasteiger partial charge in [-0.15, -0.1) is 6.58 Å². The minimum Gasteiger partial charge on any atom is -0.489 e. The van der Waals surface area contributed by atoms with Crippen LogP contribution in [-0.2, 0) is 0 Å². The first-order valence-electron chi connectivity index (χ1n) is 7.48. The molecule has 1 heterocycles. The van der Waals surface area contributed by atoms with Crippen LogP contribution >= 0.6 is 0 Å². The van der Waals surface area contributed by atoms with Crippen molar-refractivity contribution in [3.05, 3.63) is 60.9 Å². The summed E-state index contributed by atoms with van der Waals surface area (Å²) in [7, 11) is 0. The third kappa shape index (κ3) is 4.85. The van der Waals surface area contributed by atoms with Gasteiger partial charge in [-0.2, -0.15) is 0 Å². The van der Waals surface area contributed by atoms with Gasteiger partial charge in [0.1, 0.15) is 11.4 Å². The molecule has 0 saturated carbocycles. The highest BCUT2D eigenvalue weighted by Crippen LogP contribution is 2.28. The van der Waals surface area contributed by atoms with E-state index in [1.54, 1.807) is 24.4 Å². The lowest BCUT2D eigenvalue weighted by atomic mass is 10.2. The van der Waals surface area contributed by atoms with Gasteiger partial charge < -0.3 is 15.4 Å². The number of carbonyl (C=O) groups is 1. The second kappa shape index (κ2) is 7.98. The summed E-state index contributed by atoms with van der Waals surface area (Å²) >= 11 is 0. The molecular formula is C18H21N3O2. The first-order valence-corrected chi connectivity index (χ1v) is 7.48. The number of hydrogen-bond donors (Lipinski definition) is 2. The maximum absolute atomic E-state index is 11.9. The second-order valence-electron chi connectivity index (χ2n) is 5.22. The number of nitrogens with zero attached hydrogens (tertiary/aromatic N) is 1. The van der Waals surface area contributed by atoms with Crippen molar-refractivity contribution in [1.29, 1.82) is 0 Å². The fraction of sp³-hybridized carbons (Fsp3) is 0.222. The number of nitrogens with one attached hydrogen (secondary N) is 2. The van der Waals surface area contributed by atoms with Crippen molar-refractivity contribution in [1.82, 2.24) is 10.3 Å². The third-order valence-electron chi connectivity index (χ3n) is 2.93. The molecule has 0 fully saturated rings. The van der Waals surface area contributed by atoms with Gasteiger partial charge in [0.15, 0.2) is 0 Å². The molecule has 5 heteroatoms. The summed E-state index contributed by atoms with van der Waals surface area (Å²) in [5.74, 6) is 0.525. The van der Waals surface area contributed by atoms with Crippen molar-refractivity contribution in [2.75, 3.05) is 11.9 Å². The molecule has 5 nitrogen and oxygen atoms in total. The van der Waals surface area contributed by atoms with Gasteiger partial charge in [-0.05, 0) is 38.1 Å². The first-order chi connectivity index (χ1) is 11.1. The quantitative estimate of drug-likeness (QED) is 0.768. The second-order valence-corrected chi connectivity index (χ2v) is 5.22. The SMILES string of the molecule is C=CCNC(=O)c1cc(Nc2ccccc2OC(C)C)ccn1. The zero-order chi connectivity index (χ0) is 16.7. The number of amides is 1. The van der Waals surface area contributed by atoms with Crippen LogP contribution in [0.5, 0.6) is 5.75 Å². The van der Waals surface area contributed by atoms with E-state index in [4.69, 9.17) is 4.74 Å². The largest absolute Gasteiger partial charge is 0.489 e. The molecule has 1 aromatic carbocycles. The molecule has 0 bridgehead atoms. The van der Waals surface area contributed by atoms with E-state index in [0.717, 1.165) is 17.1 Å². The van der Waals surface area contributed by atoms with E-state index in [9.17, 15) is 4.79 Å². The Morgan fingerprint density at radius 2 is 2.13 bits per heavy atom. The number of rotatable bonds is 7. The standard InChI is InChI=1S/C18H21N3O2/c1-4-10-20-18(22)16-12-14(9-11-19-16)21-15-7-5-6-8-17(15)23-13(2)3/h4-9,11-13H,1,10H2,2-3H3,(H,19,21)(H,20,22). The Kier molecular flexibility index (Phi) is 5.74. The van der Waals surface area contributed by atoms with Crippen molar-refractivity contribution in [3.63, 3.8) is 0 Å². The third-order valence-corrected chi connectivity index (χ3v) is 2.93. The van der Waals surface area contributed by atoms with Crippen molar-refractivity contribution in [3.8, 4) is 5.75 Å². The van der Waals surface area contributed by atoms with Gasteiger partial charge in [-0.3, -0.25) is 9.78 Å². The molecule has 0 aliphatic carbocycles. The lowest BCUT2D eigenvalue weighted by molar-refractivity contribution is 0.0953. The van der Waals surface area contributed by atoms with Crippen LogP contribution in [0.4, 0.5) is 11.4 Å². The summed E-state index contributed by atoms with van der Waals surface area (Å²) in [4.78, 5) is 16.0. The van der Waals surface area contributed by atoms with E-state index in [1.807, 2.05) is 38.1 Å². The summed E-state index contributed by atoms with van der Waals surface area (Å²) in [5, 5.41) is 5.97. The maximum atomic E-state index is 11.9. The molecule has 2 rings (SSSR count). The molecule has 0 aliphatic rings. The van der Waals surface area contributed by atoms with Crippen LogP contribution < -0.4 is 15.4 Å². The van der Waals surface area contributed by atoms with Gasteiger partial charge in [0, 0.05) is 18.4 Å². The number of benzene rings is 1. The lowest BCUT2D eigenvalue weighted by Crippen LogP contribution is -2.24. The van der Waals surface area contributed by atoms with Crippen LogP contribution in [0.1, 0.15) is 24.3 Å². The molecule has 0 saturated heterocycles. The van der Waals surface area contributed by atoms with Gasteiger partial charge >= 0.3 is 0 Å². The van der Waals surface area contributed by atoms with Crippen molar-refractivity contribution < 1.29 is 9.53 Å². The van der Waals surface area contributed by atoms with Crippen molar-refractivity contribution in [2.45, 2.75) is 20.0 Å². The topological polar surface area (TPSA) is 63.2 Å². The number of ether oxygens (including phenoxy) is 1. The predicted molar refractivity (Wildman–Crippen MR) is 92.3 cm³/mol. The summed E-state index contributed by atoms with van der Waals surface area (Å²) in [6, 6.07) is 11.2. The highest BCUT2D eigenvalue weighted by atomic mass is 16.5. The summed E-state index contributed by atoms with van der Waals surface area (Å²) in [6.07, 6.45) is 3.30. The molecule has 1 amide bonds. The van der Waals surface area contributed by atoms with E-state index in [2.05, 4.69) is 22.2 Å². The molecule has 0 aliphatic heterocycles. The molecular weight excluding hydrogens is 290 g/mol. The Bertz CT molecular complexity index is 683. The minimum absolute atomic E-state index is 0.0793. The fourth-order valence-corrected chi connectivity index (χ4v) is 1.97. The van der Waals surface area contributed by atoms with Crippen LogP contribution in [0.25, 0.3) is 0 Å². The zero-order valence-corrected chi connectivity index (χ0v) is 13.4. The summed E-state index contributed by atoms with van der Waals surface area (Å²) in [6.45, 7) is 7.93. The highest BCUT2D eigenvalue weighted by Gasteiger charge is 2.09. The predicted octanol–water partition coefficient (Wildman–Crippen LogP) is 3.53. The van der Waals surface area contributed by atoms with Gasteiger partial charge in [-0.1, -0.05) is 18.2 Å². The van der Waals surface area contributed by atoms with Gasteiger partial charge in [-0.25, -0.2) is 0 Å². The Morgan fingerprint density at radius 3 is 2.87 bits per heavy atom. The van der Waals surface area contributed by atoms with Crippen LogP contribution in [-0.4, -0.2) is 23.5 Å². The number of anilines is 2. The zero-order valence-electron chi connectivity index (χ0n) is 13.4. The smallest absolute Gasteiger partial charge is 0.270 e. The molecule has 0 unspecified atom stereocenters. The lowest BCUT2D eigenvalue weighted by Gasteiger charge is -2.15. The van der Waals surface area contributed by atoms with Crippen LogP contribution in [0.3, 0.4) is 0 Å². The Hall–Kier alpha value is -2.82. The van der Waals surface area contributed by atoms with E-state index >= 15 is 0 Å². The number of carbonyl (C=O) groups excluding carboxylic acids is 1. The average Bonchev–Trinajstić information content (AvgIpc) is 2.54. The fourth-order valence-electron chi connectivity index (χ4n) is 1.97.